The minimum absolute atomic E-state index is 0.0113. The lowest BCUT2D eigenvalue weighted by atomic mass is 9.83. The van der Waals surface area contributed by atoms with Crippen LogP contribution in [0.4, 0.5) is 0 Å². The van der Waals surface area contributed by atoms with Crippen molar-refractivity contribution in [3.05, 3.63) is 215 Å². The van der Waals surface area contributed by atoms with E-state index in [2.05, 4.69) is 0 Å². The van der Waals surface area contributed by atoms with Gasteiger partial charge in [-0.3, -0.25) is 0 Å². The van der Waals surface area contributed by atoms with Gasteiger partial charge in [-0.05, 0) is 78.0 Å². The van der Waals surface area contributed by atoms with Crippen molar-refractivity contribution in [1.82, 2.24) is 0 Å². The molecule has 2 saturated carbocycles. The summed E-state index contributed by atoms with van der Waals surface area (Å²) in [7, 11) is 6.29. The van der Waals surface area contributed by atoms with Gasteiger partial charge < -0.3 is 90.0 Å². The van der Waals surface area contributed by atoms with E-state index in [-0.39, 0.29) is 46.2 Å². The lowest BCUT2D eigenvalue weighted by Crippen LogP contribution is -2.77. The summed E-state index contributed by atoms with van der Waals surface area (Å²) in [5.41, 5.74) is 3.44. The van der Waals surface area contributed by atoms with Crippen LogP contribution in [-0.4, -0.2) is 180 Å². The van der Waals surface area contributed by atoms with Crippen molar-refractivity contribution < 1.29 is 99.6 Å². The van der Waals surface area contributed by atoms with Gasteiger partial charge in [0.2, 0.25) is 23.1 Å². The quantitative estimate of drug-likeness (QED) is 0.0400. The van der Waals surface area contributed by atoms with Crippen molar-refractivity contribution in [2.24, 2.45) is 0 Å². The number of benzene rings is 6. The molecule has 0 spiro atoms. The van der Waals surface area contributed by atoms with Crippen molar-refractivity contribution in [1.29, 1.82) is 0 Å². The number of carbonyl (C=O) groups excluding carboxylic acids is 2. The maximum atomic E-state index is 14.2. The number of thioether (sulfide) groups is 1. The molecule has 19 unspecified atom stereocenters. The first-order valence-electron chi connectivity index (χ1n) is 34.9. The fourth-order valence-corrected chi connectivity index (χ4v) is 15.9. The second-order valence-electron chi connectivity index (χ2n) is 26.1. The lowest BCUT2D eigenvalue weighted by Gasteiger charge is -2.62. The summed E-state index contributed by atoms with van der Waals surface area (Å²) in [5, 5.41) is 0. The Bertz CT molecular complexity index is 3500. The SMILES string of the molecule is CCSC1OC(COC(=O)c2ccccc2)C2OC3(OC)CCCCC3(OC)OC2C1OC1OC(COC(=O)c2ccccc2)C2OC3(OC)CCCCC3(OC)OC2C1OC1OC(COCc2ccccc2)C(OCc2ccccc2)C(OCc2ccccc2)C1OCc1ccccc1. The summed E-state index contributed by atoms with van der Waals surface area (Å²) in [4.78, 5) is 28.1. The Hall–Kier alpha value is -6.07. The van der Waals surface area contributed by atoms with Gasteiger partial charge >= 0.3 is 11.9 Å². The third kappa shape index (κ3) is 15.7. The molecule has 5 aliphatic heterocycles. The molecule has 0 N–H and O–H groups in total. The van der Waals surface area contributed by atoms with E-state index in [1.54, 1.807) is 77.0 Å². The summed E-state index contributed by atoms with van der Waals surface area (Å²) in [6.07, 6.45) is -11.3. The number of hydrogen-bond donors (Lipinski definition) is 0. The predicted octanol–water partition coefficient (Wildman–Crippen LogP) is 11.5. The first-order valence-corrected chi connectivity index (χ1v) is 35.9. The van der Waals surface area contributed by atoms with E-state index in [4.69, 9.17) is 90.0 Å². The molecule has 6 aromatic carbocycles. The molecule has 100 heavy (non-hydrogen) atoms. The summed E-state index contributed by atoms with van der Waals surface area (Å²) in [6, 6.07) is 57.0. The van der Waals surface area contributed by atoms with Crippen LogP contribution in [0.1, 0.15) is 101 Å². The van der Waals surface area contributed by atoms with Crippen molar-refractivity contribution in [2.75, 3.05) is 54.0 Å². The molecule has 22 heteroatoms. The molecule has 2 aliphatic carbocycles. The Kier molecular flexibility index (Phi) is 24.3. The molecule has 7 fully saturated rings. The summed E-state index contributed by atoms with van der Waals surface area (Å²) in [5.74, 6) is -6.55. The number of hydrogen-bond acceptors (Lipinski definition) is 22. The normalized spacial score (nSPS) is 34.0. The fraction of sp³-hybridized carbons (Fsp3) is 0.513. The highest BCUT2D eigenvalue weighted by molar-refractivity contribution is 7.99. The second kappa shape index (κ2) is 33.6. The van der Waals surface area contributed by atoms with Crippen LogP contribution >= 0.6 is 11.8 Å². The third-order valence-electron chi connectivity index (χ3n) is 20.0. The molecule has 7 aliphatic rings. The van der Waals surface area contributed by atoms with Gasteiger partial charge in [-0.2, -0.15) is 0 Å². The summed E-state index contributed by atoms with van der Waals surface area (Å²) >= 11 is 1.45. The topological polar surface area (TPSA) is 210 Å². The zero-order valence-electron chi connectivity index (χ0n) is 57.3. The van der Waals surface area contributed by atoms with E-state index in [1.165, 1.54) is 11.8 Å². The molecule has 5 saturated heterocycles. The zero-order chi connectivity index (χ0) is 68.9. The van der Waals surface area contributed by atoms with Crippen LogP contribution in [0.15, 0.2) is 182 Å². The zero-order valence-corrected chi connectivity index (χ0v) is 58.1. The molecule has 13 rings (SSSR count). The molecule has 0 amide bonds. The lowest BCUT2D eigenvalue weighted by molar-refractivity contribution is -0.510. The summed E-state index contributed by atoms with van der Waals surface area (Å²) < 4.78 is 134. The highest BCUT2D eigenvalue weighted by Crippen LogP contribution is 2.55. The summed E-state index contributed by atoms with van der Waals surface area (Å²) in [6.45, 7) is 2.10. The van der Waals surface area contributed by atoms with Crippen molar-refractivity contribution in [3.8, 4) is 0 Å². The molecule has 0 aromatic heterocycles. The Morgan fingerprint density at radius 2 is 0.740 bits per heavy atom. The highest BCUT2D eigenvalue weighted by atomic mass is 32.2. The first kappa shape index (κ1) is 72.3. The van der Waals surface area contributed by atoms with Crippen molar-refractivity contribution in [3.63, 3.8) is 0 Å². The Balaban J connectivity index is 0.943. The number of methoxy groups -OCH3 is 4. The van der Waals surface area contributed by atoms with Crippen LogP contribution in [-0.2, 0) is 116 Å². The Labute approximate surface area is 589 Å². The molecule has 6 aromatic rings. The van der Waals surface area contributed by atoms with Crippen LogP contribution in [0.5, 0.6) is 0 Å². The average molecular weight is 1400 g/mol. The van der Waals surface area contributed by atoms with E-state index in [0.717, 1.165) is 35.1 Å². The molecule has 0 bridgehead atoms. The van der Waals surface area contributed by atoms with E-state index in [9.17, 15) is 9.59 Å². The van der Waals surface area contributed by atoms with Gasteiger partial charge in [-0.25, -0.2) is 9.59 Å². The molecular formula is C78H92O21S. The highest BCUT2D eigenvalue weighted by Gasteiger charge is 2.71. The van der Waals surface area contributed by atoms with Crippen LogP contribution in [0, 0.1) is 0 Å². The van der Waals surface area contributed by atoms with Gasteiger partial charge in [0.05, 0.1) is 44.2 Å². The maximum Gasteiger partial charge on any atom is 0.338 e. The van der Waals surface area contributed by atoms with E-state index in [1.807, 2.05) is 140 Å². The molecular weight excluding hydrogens is 1300 g/mol. The number of carbonyl (C=O) groups is 2. The molecule has 19 atom stereocenters. The van der Waals surface area contributed by atoms with E-state index >= 15 is 0 Å². The molecule has 21 nitrogen and oxygen atoms in total. The van der Waals surface area contributed by atoms with Crippen molar-refractivity contribution in [2.45, 2.75) is 199 Å². The van der Waals surface area contributed by atoms with Crippen LogP contribution in [0.2, 0.25) is 0 Å². The monoisotopic (exact) mass is 1400 g/mol. The molecule has 0 radical (unpaired) electrons. The number of rotatable bonds is 29. The average Bonchev–Trinajstić information content (AvgIpc) is 0.719. The standard InChI is InChI=1S/C78H92O21S/c1-6-100-74-69(66-63(60(93-74)51-90-71(80)57-39-23-12-24-40-57)97-76(82-3)42-26-28-44-78(76,84-5)99-66)95-73-68(65-62(59(92-73)50-89-70(79)56-37-21-11-22-38-56)96-75(81-2)41-25-27-43-77(75,83-4)98-65)94-72-67(88-48-55-35-19-10-20-36-55)64(87-47-54-33-17-9-18-34-54)61(86-46-53-31-15-8-16-32-53)58(91-72)49-85-45-52-29-13-7-14-30-52/h7-24,29-40,58-69,72-74H,6,25-28,41-51H2,1-5H3. The van der Waals surface area contributed by atoms with Gasteiger partial charge in [0.15, 0.2) is 12.6 Å². The van der Waals surface area contributed by atoms with Gasteiger partial charge in [0.1, 0.15) is 91.9 Å². The fourth-order valence-electron chi connectivity index (χ4n) is 15.0. The Morgan fingerprint density at radius 3 is 1.17 bits per heavy atom. The third-order valence-corrected chi connectivity index (χ3v) is 21.1. The van der Waals surface area contributed by atoms with Crippen LogP contribution < -0.4 is 0 Å². The van der Waals surface area contributed by atoms with Gasteiger partial charge in [0, 0.05) is 54.1 Å². The van der Waals surface area contributed by atoms with E-state index < -0.39 is 126 Å². The minimum Gasteiger partial charge on any atom is -0.459 e. The van der Waals surface area contributed by atoms with E-state index in [0.29, 0.717) is 55.4 Å². The van der Waals surface area contributed by atoms with Gasteiger partial charge in [0.25, 0.3) is 0 Å². The smallest absolute Gasteiger partial charge is 0.338 e. The number of esters is 2. The van der Waals surface area contributed by atoms with Crippen LogP contribution in [0.3, 0.4) is 0 Å². The first-order chi connectivity index (χ1) is 49.0. The van der Waals surface area contributed by atoms with Crippen molar-refractivity contribution >= 4 is 23.7 Å². The molecule has 536 valence electrons. The van der Waals surface area contributed by atoms with Crippen LogP contribution in [0.25, 0.3) is 0 Å². The van der Waals surface area contributed by atoms with Gasteiger partial charge in [-0.15, -0.1) is 11.8 Å². The number of ether oxygens (including phenoxy) is 19. The number of fused-ring (bicyclic) bond motifs is 4. The predicted molar refractivity (Wildman–Crippen MR) is 364 cm³/mol. The largest absolute Gasteiger partial charge is 0.459 e. The van der Waals surface area contributed by atoms with Gasteiger partial charge in [-0.1, -0.05) is 165 Å². The molecule has 5 heterocycles. The Morgan fingerprint density at radius 1 is 0.390 bits per heavy atom. The maximum absolute atomic E-state index is 14.2. The second-order valence-corrected chi connectivity index (χ2v) is 27.4. The minimum atomic E-state index is -1.54.